The lowest BCUT2D eigenvalue weighted by atomic mass is 9.86. The Labute approximate surface area is 388 Å². The van der Waals surface area contributed by atoms with Crippen LogP contribution in [0.25, 0.3) is 44.5 Å². The van der Waals surface area contributed by atoms with Crippen molar-refractivity contribution in [3.8, 4) is 34.6 Å². The van der Waals surface area contributed by atoms with Crippen molar-refractivity contribution in [2.45, 2.75) is 80.1 Å². The molecule has 0 spiro atoms. The molecule has 4 aromatic heterocycles. The minimum atomic E-state index is -0.0850. The fourth-order valence-electron chi connectivity index (χ4n) is 9.39. The summed E-state index contributed by atoms with van der Waals surface area (Å²) < 4.78 is 18.3. The van der Waals surface area contributed by atoms with Crippen LogP contribution in [0.4, 0.5) is 11.4 Å². The third kappa shape index (κ3) is 7.38. The van der Waals surface area contributed by atoms with Crippen molar-refractivity contribution in [2.24, 2.45) is 0 Å². The van der Waals surface area contributed by atoms with Gasteiger partial charge in [-0.05, 0) is 122 Å². The Hall–Kier alpha value is -7.20. The first kappa shape index (κ1) is 42.7. The Bertz CT molecular complexity index is 3040. The highest BCUT2D eigenvalue weighted by molar-refractivity contribution is 6.20. The third-order valence-corrected chi connectivity index (χ3v) is 13.7. The zero-order valence-corrected chi connectivity index (χ0v) is 40.4. The molecular weight excluding hydrogens is 817 g/mol. The molecule has 0 unspecified atom stereocenters. The molecule has 0 aliphatic carbocycles. The van der Waals surface area contributed by atoms with Gasteiger partial charge >= 0.3 is 0 Å². The maximum absolute atomic E-state index is 6.90. The van der Waals surface area contributed by atoms with Crippen LogP contribution in [0.5, 0.6) is 23.0 Å². The zero-order valence-electron chi connectivity index (χ0n) is 40.4. The summed E-state index contributed by atoms with van der Waals surface area (Å²) in [4.78, 5) is 19.2. The van der Waals surface area contributed by atoms with Crippen molar-refractivity contribution in [1.82, 2.24) is 28.9 Å². The minimum absolute atomic E-state index is 0.0850. The molecule has 0 N–H and O–H groups in total. The smallest absolute Gasteiger partial charge is 0.137 e. The highest BCUT2D eigenvalue weighted by atomic mass is 16.5. The van der Waals surface area contributed by atoms with E-state index in [0.717, 1.165) is 92.2 Å². The average Bonchev–Trinajstić information content (AvgIpc) is 3.96. The monoisotopic (exact) mass is 876 g/mol. The van der Waals surface area contributed by atoms with Crippen molar-refractivity contribution < 1.29 is 9.47 Å². The second-order valence-electron chi connectivity index (χ2n) is 20.1. The van der Waals surface area contributed by atoms with E-state index in [1.165, 1.54) is 33.9 Å². The van der Waals surface area contributed by atoms with Crippen molar-refractivity contribution in [2.75, 3.05) is 37.2 Å². The number of rotatable bonds is 8. The fourth-order valence-corrected chi connectivity index (χ4v) is 9.39. The van der Waals surface area contributed by atoms with E-state index in [9.17, 15) is 0 Å². The van der Waals surface area contributed by atoms with E-state index < -0.39 is 0 Å². The van der Waals surface area contributed by atoms with Crippen molar-refractivity contribution in [3.05, 3.63) is 156 Å². The maximum atomic E-state index is 6.90. The van der Waals surface area contributed by atoms with E-state index in [0.29, 0.717) is 0 Å². The van der Waals surface area contributed by atoms with Crippen LogP contribution in [-0.2, 0) is 10.8 Å². The van der Waals surface area contributed by atoms with Crippen LogP contribution in [0, 0.1) is 0 Å². The molecule has 10 rings (SSSR count). The van der Waals surface area contributed by atoms with Crippen molar-refractivity contribution in [3.63, 3.8) is 0 Å². The highest BCUT2D eigenvalue weighted by Crippen LogP contribution is 2.45. The summed E-state index contributed by atoms with van der Waals surface area (Å²) in [5.41, 5.74) is 13.5. The SMILES string of the molecule is CC1=C(C)N(c2cc(Oc3ccc4c(c3)n(-c3ccccn3)c3c5ccc(Oc6cc(N7CN(C)C(C)=C7C)cc(C(C)(C)C)c6)cc5n(-c5ccccn5)c43)cc(C(C)(C)C)c2)CN1C. The Morgan fingerprint density at radius 1 is 0.455 bits per heavy atom. The number of allylic oxidation sites excluding steroid dienone is 4. The molecule has 2 aliphatic rings. The Kier molecular flexibility index (Phi) is 10.2. The standard InChI is InChI=1S/C56H60N8O2/c1-35-37(3)61(33-59(35)11)41-25-39(55(5,6)7)27-45(29-41)65-43-19-21-47-49(31-43)63(51-17-13-15-23-57-51)54-48-22-20-44(32-50(48)64(53(47)54)52-18-14-16-24-58-52)66-46-28-40(56(8,9)10)26-42(30-46)62-34-60(12)36(2)38(62)4/h13-32H,33-34H2,1-12H3. The molecule has 66 heavy (non-hydrogen) atoms. The van der Waals surface area contributed by atoms with Crippen LogP contribution in [0.1, 0.15) is 80.4 Å². The first-order chi connectivity index (χ1) is 31.4. The van der Waals surface area contributed by atoms with Gasteiger partial charge in [0.05, 0.1) is 35.4 Å². The lowest BCUT2D eigenvalue weighted by Crippen LogP contribution is -2.25. The quantitative estimate of drug-likeness (QED) is 0.150. The Morgan fingerprint density at radius 3 is 1.20 bits per heavy atom. The Morgan fingerprint density at radius 2 is 0.864 bits per heavy atom. The third-order valence-electron chi connectivity index (χ3n) is 13.7. The molecule has 4 aromatic carbocycles. The molecule has 0 fully saturated rings. The van der Waals surface area contributed by atoms with E-state index >= 15 is 0 Å². The van der Waals surface area contributed by atoms with Gasteiger partial charge in [0, 0.05) is 95.7 Å². The van der Waals surface area contributed by atoms with Gasteiger partial charge in [-0.2, -0.15) is 0 Å². The van der Waals surface area contributed by atoms with Crippen molar-refractivity contribution in [1.29, 1.82) is 0 Å². The summed E-state index contributed by atoms with van der Waals surface area (Å²) in [6, 6.07) is 38.2. The lowest BCUT2D eigenvalue weighted by molar-refractivity contribution is 0.458. The van der Waals surface area contributed by atoms with E-state index in [4.69, 9.17) is 19.4 Å². The van der Waals surface area contributed by atoms with Gasteiger partial charge in [-0.3, -0.25) is 9.13 Å². The van der Waals surface area contributed by atoms with Gasteiger partial charge in [-0.25, -0.2) is 9.97 Å². The second-order valence-corrected chi connectivity index (χ2v) is 20.1. The lowest BCUT2D eigenvalue weighted by Gasteiger charge is -2.26. The predicted octanol–water partition coefficient (Wildman–Crippen LogP) is 13.6. The second kappa shape index (κ2) is 15.8. The molecule has 10 nitrogen and oxygen atoms in total. The first-order valence-electron chi connectivity index (χ1n) is 22.9. The molecule has 2 aliphatic heterocycles. The summed E-state index contributed by atoms with van der Waals surface area (Å²) in [6.07, 6.45) is 3.70. The zero-order chi connectivity index (χ0) is 46.4. The van der Waals surface area contributed by atoms with E-state index in [1.807, 2.05) is 36.7 Å². The maximum Gasteiger partial charge on any atom is 0.137 e. The van der Waals surface area contributed by atoms with Crippen LogP contribution in [0.15, 0.2) is 144 Å². The van der Waals surface area contributed by atoms with Gasteiger partial charge in [-0.15, -0.1) is 0 Å². The molecular formula is C56H60N8O2. The average molecular weight is 877 g/mol. The minimum Gasteiger partial charge on any atom is -0.457 e. The first-order valence-corrected chi connectivity index (χ1v) is 22.9. The van der Waals surface area contributed by atoms with Gasteiger partial charge in [0.25, 0.3) is 0 Å². The molecule has 6 heterocycles. The largest absolute Gasteiger partial charge is 0.457 e. The summed E-state index contributed by atoms with van der Waals surface area (Å²) in [6.45, 7) is 23.8. The number of anilines is 2. The van der Waals surface area contributed by atoms with E-state index in [2.05, 4.69) is 197 Å². The molecule has 10 heteroatoms. The summed E-state index contributed by atoms with van der Waals surface area (Å²) in [5, 5.41) is 2.09. The van der Waals surface area contributed by atoms with Crippen LogP contribution in [-0.4, -0.2) is 56.3 Å². The number of nitrogens with zero attached hydrogens (tertiary/aromatic N) is 8. The van der Waals surface area contributed by atoms with Crippen LogP contribution in [0.2, 0.25) is 0 Å². The predicted molar refractivity (Wildman–Crippen MR) is 271 cm³/mol. The topological polar surface area (TPSA) is 67.1 Å². The van der Waals surface area contributed by atoms with Gasteiger partial charge in [0.15, 0.2) is 0 Å². The summed E-state index contributed by atoms with van der Waals surface area (Å²) in [7, 11) is 4.28. The molecule has 0 saturated heterocycles. The molecule has 336 valence electrons. The van der Waals surface area contributed by atoms with Gasteiger partial charge in [0.1, 0.15) is 34.6 Å². The fraction of sp³-hybridized carbons (Fsp3) is 0.286. The number of aromatic nitrogens is 4. The van der Waals surface area contributed by atoms with Crippen LogP contribution < -0.4 is 19.3 Å². The van der Waals surface area contributed by atoms with E-state index in [-0.39, 0.29) is 10.8 Å². The number of hydrogen-bond donors (Lipinski definition) is 0. The van der Waals surface area contributed by atoms with Crippen LogP contribution in [0.3, 0.4) is 0 Å². The number of ether oxygens (including phenoxy) is 2. The molecule has 8 aromatic rings. The number of pyridine rings is 2. The molecule has 0 saturated carbocycles. The van der Waals surface area contributed by atoms with Crippen molar-refractivity contribution >= 4 is 44.2 Å². The molecule has 0 radical (unpaired) electrons. The molecule has 0 amide bonds. The van der Waals surface area contributed by atoms with Crippen LogP contribution >= 0.6 is 0 Å². The Balaban J connectivity index is 1.13. The molecule has 0 atom stereocenters. The summed E-state index contributed by atoms with van der Waals surface area (Å²) >= 11 is 0. The normalized spacial score (nSPS) is 14.9. The highest BCUT2D eigenvalue weighted by Gasteiger charge is 2.28. The number of benzene rings is 4. The summed E-state index contributed by atoms with van der Waals surface area (Å²) in [5.74, 6) is 4.68. The van der Waals surface area contributed by atoms with Gasteiger partial charge < -0.3 is 29.1 Å². The van der Waals surface area contributed by atoms with Gasteiger partial charge in [0.2, 0.25) is 0 Å². The van der Waals surface area contributed by atoms with E-state index in [1.54, 1.807) is 0 Å². The number of hydrogen-bond acceptors (Lipinski definition) is 8. The molecule has 0 bridgehead atoms. The number of fused-ring (bicyclic) bond motifs is 5. The van der Waals surface area contributed by atoms with Gasteiger partial charge in [-0.1, -0.05) is 53.7 Å².